The molecule has 2 atom stereocenters. The van der Waals surface area contributed by atoms with Crippen molar-refractivity contribution in [3.05, 3.63) is 0 Å². The number of likely N-dealkylation sites (N-methyl/N-ethyl adjacent to an activating group) is 1. The smallest absolute Gasteiger partial charge is 0.239 e. The summed E-state index contributed by atoms with van der Waals surface area (Å²) in [6.07, 6.45) is 6.27. The Hall–Kier alpha value is -0.320. The monoisotopic (exact) mass is 262 g/mol. The van der Waals surface area contributed by atoms with Crippen molar-refractivity contribution < 1.29 is 9.90 Å². The maximum absolute atomic E-state index is 12.1. The first-order chi connectivity index (χ1) is 7.68. The average molecular weight is 263 g/mol. The Morgan fingerprint density at radius 1 is 1.29 bits per heavy atom. The number of β-amino-alcohol motifs (C(OH)–C–C–N with tert-alkyl or cyclic N) is 1. The Balaban J connectivity index is 0.00000144. The van der Waals surface area contributed by atoms with Crippen molar-refractivity contribution in [3.63, 3.8) is 0 Å². The molecule has 1 aliphatic heterocycles. The largest absolute Gasteiger partial charge is 0.392 e. The van der Waals surface area contributed by atoms with Crippen LogP contribution in [0.25, 0.3) is 0 Å². The predicted octanol–water partition coefficient (Wildman–Crippen LogP) is 0.922. The van der Waals surface area contributed by atoms with Gasteiger partial charge in [0.15, 0.2) is 0 Å². The zero-order valence-corrected chi connectivity index (χ0v) is 11.2. The zero-order chi connectivity index (χ0) is 11.5. The molecule has 5 heteroatoms. The molecule has 1 amide bonds. The number of aliphatic hydroxyl groups excluding tert-OH is 1. The number of hydrogen-bond donors (Lipinski definition) is 2. The van der Waals surface area contributed by atoms with Gasteiger partial charge in [-0.25, -0.2) is 0 Å². The van der Waals surface area contributed by atoms with Crippen LogP contribution in [0.2, 0.25) is 0 Å². The molecule has 0 aromatic rings. The fourth-order valence-corrected chi connectivity index (χ4v) is 2.80. The zero-order valence-electron chi connectivity index (χ0n) is 10.4. The van der Waals surface area contributed by atoms with Crippen molar-refractivity contribution in [2.45, 2.75) is 56.7 Å². The molecule has 2 aliphatic rings. The Kier molecular flexibility index (Phi) is 5.70. The lowest BCUT2D eigenvalue weighted by Gasteiger charge is -2.32. The van der Waals surface area contributed by atoms with Crippen molar-refractivity contribution >= 4 is 18.3 Å². The third-order valence-corrected chi connectivity index (χ3v) is 3.88. The molecular weight excluding hydrogens is 240 g/mol. The molecule has 1 saturated carbocycles. The van der Waals surface area contributed by atoms with Crippen LogP contribution >= 0.6 is 12.4 Å². The van der Waals surface area contributed by atoms with Gasteiger partial charge in [0.1, 0.15) is 0 Å². The van der Waals surface area contributed by atoms with E-state index in [1.165, 1.54) is 19.3 Å². The third-order valence-electron chi connectivity index (χ3n) is 3.88. The van der Waals surface area contributed by atoms with E-state index >= 15 is 0 Å². The van der Waals surface area contributed by atoms with Gasteiger partial charge in [0.05, 0.1) is 12.1 Å². The number of aliphatic hydroxyl groups is 1. The quantitative estimate of drug-likeness (QED) is 0.778. The first-order valence-electron chi connectivity index (χ1n) is 6.36. The Morgan fingerprint density at radius 3 is 2.47 bits per heavy atom. The summed E-state index contributed by atoms with van der Waals surface area (Å²) in [6.45, 7) is 0.551. The summed E-state index contributed by atoms with van der Waals surface area (Å²) in [5, 5.41) is 12.5. The van der Waals surface area contributed by atoms with E-state index in [-0.39, 0.29) is 30.5 Å². The molecule has 0 spiro atoms. The summed E-state index contributed by atoms with van der Waals surface area (Å²) in [5.41, 5.74) is 0. The van der Waals surface area contributed by atoms with Gasteiger partial charge in [0, 0.05) is 19.6 Å². The number of nitrogens with zero attached hydrogens (tertiary/aromatic N) is 1. The molecule has 17 heavy (non-hydrogen) atoms. The highest BCUT2D eigenvalue weighted by molar-refractivity contribution is 5.85. The van der Waals surface area contributed by atoms with E-state index in [2.05, 4.69) is 5.32 Å². The average Bonchev–Trinajstić information content (AvgIpc) is 2.75. The summed E-state index contributed by atoms with van der Waals surface area (Å²) in [6, 6.07) is 0.253. The van der Waals surface area contributed by atoms with Gasteiger partial charge in [-0.15, -0.1) is 12.4 Å². The van der Waals surface area contributed by atoms with Gasteiger partial charge in [0.25, 0.3) is 0 Å². The van der Waals surface area contributed by atoms with Gasteiger partial charge in [-0.2, -0.15) is 0 Å². The number of nitrogens with one attached hydrogen (secondary N) is 1. The van der Waals surface area contributed by atoms with Crippen molar-refractivity contribution in [2.24, 2.45) is 0 Å². The van der Waals surface area contributed by atoms with E-state index < -0.39 is 0 Å². The number of amides is 1. The molecule has 2 unspecified atom stereocenters. The lowest BCUT2D eigenvalue weighted by Crippen LogP contribution is -2.46. The third kappa shape index (κ3) is 3.57. The number of carbonyl (C=O) groups excluding carboxylic acids is 1. The lowest BCUT2D eigenvalue weighted by atomic mass is 9.94. The Labute approximate surface area is 109 Å². The van der Waals surface area contributed by atoms with E-state index in [1.807, 2.05) is 11.9 Å². The van der Waals surface area contributed by atoms with Gasteiger partial charge < -0.3 is 15.3 Å². The molecule has 0 bridgehead atoms. The molecule has 2 N–H and O–H groups in total. The Morgan fingerprint density at radius 2 is 1.94 bits per heavy atom. The number of rotatable bonds is 2. The van der Waals surface area contributed by atoms with Gasteiger partial charge in [0.2, 0.25) is 5.91 Å². The summed E-state index contributed by atoms with van der Waals surface area (Å²) >= 11 is 0. The van der Waals surface area contributed by atoms with Crippen LogP contribution in [-0.4, -0.2) is 47.7 Å². The molecular formula is C12H23ClN2O2. The molecule has 2 fully saturated rings. The van der Waals surface area contributed by atoms with Gasteiger partial charge in [-0.3, -0.25) is 4.79 Å². The highest BCUT2D eigenvalue weighted by Crippen LogP contribution is 2.22. The fourth-order valence-electron chi connectivity index (χ4n) is 2.80. The second-order valence-corrected chi connectivity index (χ2v) is 5.09. The van der Waals surface area contributed by atoms with Gasteiger partial charge >= 0.3 is 0 Å². The SMILES string of the molecule is CN(C(=O)C1CC(O)CN1)C1CCCCC1.Cl. The van der Waals surface area contributed by atoms with Crippen LogP contribution in [0.15, 0.2) is 0 Å². The maximum atomic E-state index is 12.1. The standard InChI is InChI=1S/C12H22N2O2.ClH/c1-14(9-5-3-2-4-6-9)12(16)11-7-10(15)8-13-11;/h9-11,13,15H,2-8H2,1H3;1H. The molecule has 2 rings (SSSR count). The number of carbonyl (C=O) groups is 1. The topological polar surface area (TPSA) is 52.6 Å². The first kappa shape index (κ1) is 14.7. The highest BCUT2D eigenvalue weighted by atomic mass is 35.5. The van der Waals surface area contributed by atoms with E-state index in [0.29, 0.717) is 19.0 Å². The molecule has 1 heterocycles. The van der Waals surface area contributed by atoms with Crippen molar-refractivity contribution in [1.29, 1.82) is 0 Å². The fraction of sp³-hybridized carbons (Fsp3) is 0.917. The summed E-state index contributed by atoms with van der Waals surface area (Å²) in [5.74, 6) is 0.156. The van der Waals surface area contributed by atoms with E-state index in [0.717, 1.165) is 12.8 Å². The summed E-state index contributed by atoms with van der Waals surface area (Å²) in [7, 11) is 1.91. The normalized spacial score (nSPS) is 29.8. The molecule has 4 nitrogen and oxygen atoms in total. The van der Waals surface area contributed by atoms with Crippen LogP contribution in [-0.2, 0) is 4.79 Å². The first-order valence-corrected chi connectivity index (χ1v) is 6.36. The number of hydrogen-bond acceptors (Lipinski definition) is 3. The highest BCUT2D eigenvalue weighted by Gasteiger charge is 2.32. The second-order valence-electron chi connectivity index (χ2n) is 5.09. The van der Waals surface area contributed by atoms with Crippen molar-refractivity contribution in [3.8, 4) is 0 Å². The number of halogens is 1. The molecule has 0 aromatic carbocycles. The molecule has 1 aliphatic carbocycles. The van der Waals surface area contributed by atoms with Crippen LogP contribution in [0.5, 0.6) is 0 Å². The molecule has 0 radical (unpaired) electrons. The van der Waals surface area contributed by atoms with Gasteiger partial charge in [-0.1, -0.05) is 19.3 Å². The van der Waals surface area contributed by atoms with Crippen LogP contribution in [0.4, 0.5) is 0 Å². The molecule has 100 valence electrons. The minimum Gasteiger partial charge on any atom is -0.392 e. The lowest BCUT2D eigenvalue weighted by molar-refractivity contribution is -0.134. The van der Waals surface area contributed by atoms with Crippen molar-refractivity contribution in [1.82, 2.24) is 10.2 Å². The van der Waals surface area contributed by atoms with E-state index in [4.69, 9.17) is 0 Å². The summed E-state index contributed by atoms with van der Waals surface area (Å²) < 4.78 is 0. The minimum atomic E-state index is -0.353. The predicted molar refractivity (Wildman–Crippen MR) is 69.3 cm³/mol. The second kappa shape index (κ2) is 6.57. The summed E-state index contributed by atoms with van der Waals surface area (Å²) in [4.78, 5) is 14.0. The van der Waals surface area contributed by atoms with Crippen molar-refractivity contribution in [2.75, 3.05) is 13.6 Å². The maximum Gasteiger partial charge on any atom is 0.239 e. The minimum absolute atomic E-state index is 0. The van der Waals surface area contributed by atoms with Crippen LogP contribution < -0.4 is 5.32 Å². The van der Waals surface area contributed by atoms with Crippen LogP contribution in [0.1, 0.15) is 38.5 Å². The van der Waals surface area contributed by atoms with E-state index in [1.54, 1.807) is 0 Å². The van der Waals surface area contributed by atoms with Crippen LogP contribution in [0.3, 0.4) is 0 Å². The van der Waals surface area contributed by atoms with E-state index in [9.17, 15) is 9.90 Å². The Bertz CT molecular complexity index is 257. The van der Waals surface area contributed by atoms with Crippen LogP contribution in [0, 0.1) is 0 Å². The van der Waals surface area contributed by atoms with Gasteiger partial charge in [-0.05, 0) is 19.3 Å². The molecule has 1 saturated heterocycles. The molecule has 0 aromatic heterocycles.